The summed E-state index contributed by atoms with van der Waals surface area (Å²) in [5.74, 6) is 0. The molecule has 0 aliphatic carbocycles. The molecule has 2 atom stereocenters. The molecular weight excluding hydrogens is 246 g/mol. The van der Waals surface area contributed by atoms with Gasteiger partial charge in [0.1, 0.15) is 0 Å². The lowest BCUT2D eigenvalue weighted by Gasteiger charge is -2.23. The summed E-state index contributed by atoms with van der Waals surface area (Å²) < 4.78 is 0. The zero-order valence-corrected chi connectivity index (χ0v) is 12.3. The monoisotopic (exact) mass is 269 g/mol. The van der Waals surface area contributed by atoms with E-state index in [1.54, 1.807) is 0 Å². The molecule has 0 saturated carbocycles. The summed E-state index contributed by atoms with van der Waals surface area (Å²) in [6.07, 6.45) is 2.75. The number of halogens is 1. The summed E-state index contributed by atoms with van der Waals surface area (Å²) in [6, 6.07) is 5.84. The molecule has 0 aromatic heterocycles. The van der Waals surface area contributed by atoms with Crippen LogP contribution in [0.3, 0.4) is 0 Å². The Balaban J connectivity index is 2.69. The number of hydrogen-bond acceptors (Lipinski definition) is 2. The van der Waals surface area contributed by atoms with Crippen molar-refractivity contribution in [2.45, 2.75) is 52.2 Å². The van der Waals surface area contributed by atoms with Gasteiger partial charge >= 0.3 is 0 Å². The van der Waals surface area contributed by atoms with Crippen LogP contribution in [0.15, 0.2) is 18.2 Å². The highest BCUT2D eigenvalue weighted by atomic mass is 35.5. The summed E-state index contributed by atoms with van der Waals surface area (Å²) >= 11 is 6.00. The molecule has 0 aliphatic heterocycles. The van der Waals surface area contributed by atoms with E-state index in [-0.39, 0.29) is 6.04 Å². The lowest BCUT2D eigenvalue weighted by atomic mass is 9.98. The zero-order chi connectivity index (χ0) is 13.5. The molecular formula is C15H24ClNO. The fraction of sp³-hybridized carbons (Fsp3) is 0.600. The van der Waals surface area contributed by atoms with E-state index in [1.807, 2.05) is 25.1 Å². The molecule has 18 heavy (non-hydrogen) atoms. The maximum Gasteiger partial charge on any atom is 0.0942 e. The van der Waals surface area contributed by atoms with E-state index in [1.165, 1.54) is 6.42 Å². The number of nitrogens with one attached hydrogen (secondary N) is 1. The summed E-state index contributed by atoms with van der Waals surface area (Å²) in [6.45, 7) is 7.18. The number of aliphatic hydroxyl groups excluding tert-OH is 1. The van der Waals surface area contributed by atoms with Crippen LogP contribution < -0.4 is 5.32 Å². The maximum atomic E-state index is 10.4. The minimum atomic E-state index is -0.470. The second-order valence-corrected chi connectivity index (χ2v) is 5.18. The van der Waals surface area contributed by atoms with Gasteiger partial charge in [0.05, 0.1) is 6.10 Å². The van der Waals surface area contributed by atoms with Crippen LogP contribution in [0.2, 0.25) is 5.02 Å². The SMILES string of the molecule is CCCCNC(CC)C(O)c1ccc(Cl)c(C)c1. The Bertz CT molecular complexity index is 368. The molecule has 0 amide bonds. The largest absolute Gasteiger partial charge is 0.387 e. The van der Waals surface area contributed by atoms with Gasteiger partial charge in [-0.3, -0.25) is 0 Å². The van der Waals surface area contributed by atoms with Crippen LogP contribution >= 0.6 is 11.6 Å². The fourth-order valence-corrected chi connectivity index (χ4v) is 2.15. The van der Waals surface area contributed by atoms with E-state index >= 15 is 0 Å². The highest BCUT2D eigenvalue weighted by molar-refractivity contribution is 6.31. The lowest BCUT2D eigenvalue weighted by molar-refractivity contribution is 0.126. The number of hydrogen-bond donors (Lipinski definition) is 2. The van der Waals surface area contributed by atoms with Gasteiger partial charge in [0.25, 0.3) is 0 Å². The first-order valence-electron chi connectivity index (χ1n) is 6.77. The smallest absolute Gasteiger partial charge is 0.0942 e. The molecule has 1 rings (SSSR count). The number of aryl methyl sites for hydroxylation is 1. The van der Waals surface area contributed by atoms with Crippen molar-refractivity contribution in [1.82, 2.24) is 5.32 Å². The van der Waals surface area contributed by atoms with Crippen LogP contribution in [-0.2, 0) is 0 Å². The quantitative estimate of drug-likeness (QED) is 0.737. The Kier molecular flexibility index (Phi) is 6.69. The predicted molar refractivity (Wildman–Crippen MR) is 78.1 cm³/mol. The Morgan fingerprint density at radius 2 is 2.06 bits per heavy atom. The van der Waals surface area contributed by atoms with Gasteiger partial charge in [-0.25, -0.2) is 0 Å². The van der Waals surface area contributed by atoms with Crippen molar-refractivity contribution in [2.75, 3.05) is 6.54 Å². The Labute approximate surface area is 115 Å². The van der Waals surface area contributed by atoms with Gasteiger partial charge < -0.3 is 10.4 Å². The minimum absolute atomic E-state index is 0.108. The molecule has 102 valence electrons. The number of benzene rings is 1. The van der Waals surface area contributed by atoms with Gasteiger partial charge in [-0.1, -0.05) is 44.0 Å². The Hall–Kier alpha value is -0.570. The number of aliphatic hydroxyl groups is 1. The van der Waals surface area contributed by atoms with E-state index in [0.29, 0.717) is 0 Å². The van der Waals surface area contributed by atoms with Gasteiger partial charge in [-0.2, -0.15) is 0 Å². The summed E-state index contributed by atoms with van der Waals surface area (Å²) in [5, 5.41) is 14.6. The first kappa shape index (κ1) is 15.5. The number of rotatable bonds is 7. The molecule has 2 nitrogen and oxygen atoms in total. The average molecular weight is 270 g/mol. The van der Waals surface area contributed by atoms with E-state index < -0.39 is 6.10 Å². The third-order valence-electron chi connectivity index (χ3n) is 3.28. The highest BCUT2D eigenvalue weighted by Gasteiger charge is 2.18. The van der Waals surface area contributed by atoms with Crippen LogP contribution in [0.5, 0.6) is 0 Å². The Morgan fingerprint density at radius 3 is 2.61 bits per heavy atom. The van der Waals surface area contributed by atoms with E-state index in [9.17, 15) is 5.11 Å². The second-order valence-electron chi connectivity index (χ2n) is 4.78. The van der Waals surface area contributed by atoms with Crippen molar-refractivity contribution in [2.24, 2.45) is 0 Å². The molecule has 2 unspecified atom stereocenters. The third kappa shape index (κ3) is 4.27. The zero-order valence-electron chi connectivity index (χ0n) is 11.5. The van der Waals surface area contributed by atoms with Crippen LogP contribution in [0.4, 0.5) is 0 Å². The van der Waals surface area contributed by atoms with Gasteiger partial charge in [0.2, 0.25) is 0 Å². The Morgan fingerprint density at radius 1 is 1.33 bits per heavy atom. The normalized spacial score (nSPS) is 14.5. The lowest BCUT2D eigenvalue weighted by Crippen LogP contribution is -2.35. The standard InChI is InChI=1S/C15H24ClNO/c1-4-6-9-17-14(5-2)15(18)12-7-8-13(16)11(3)10-12/h7-8,10,14-15,17-18H,4-6,9H2,1-3H3. The topological polar surface area (TPSA) is 32.3 Å². The molecule has 1 aromatic carbocycles. The van der Waals surface area contributed by atoms with Crippen molar-refractivity contribution >= 4 is 11.6 Å². The van der Waals surface area contributed by atoms with Crippen molar-refractivity contribution in [3.05, 3.63) is 34.3 Å². The van der Waals surface area contributed by atoms with Crippen LogP contribution in [0.1, 0.15) is 50.3 Å². The summed E-state index contributed by atoms with van der Waals surface area (Å²) in [4.78, 5) is 0. The fourth-order valence-electron chi connectivity index (χ4n) is 2.03. The second kappa shape index (κ2) is 7.78. The van der Waals surface area contributed by atoms with Crippen molar-refractivity contribution in [3.63, 3.8) is 0 Å². The predicted octanol–water partition coefficient (Wildman–Crippen LogP) is 3.85. The first-order chi connectivity index (χ1) is 8.60. The molecule has 0 bridgehead atoms. The molecule has 0 aliphatic rings. The van der Waals surface area contributed by atoms with Crippen molar-refractivity contribution in [1.29, 1.82) is 0 Å². The minimum Gasteiger partial charge on any atom is -0.387 e. The van der Waals surface area contributed by atoms with Crippen LogP contribution in [-0.4, -0.2) is 17.7 Å². The molecule has 1 aromatic rings. The van der Waals surface area contributed by atoms with Gasteiger partial charge in [-0.05, 0) is 43.5 Å². The molecule has 2 N–H and O–H groups in total. The first-order valence-corrected chi connectivity index (χ1v) is 7.15. The maximum absolute atomic E-state index is 10.4. The van der Waals surface area contributed by atoms with Gasteiger partial charge in [0, 0.05) is 11.1 Å². The molecule has 0 spiro atoms. The highest BCUT2D eigenvalue weighted by Crippen LogP contribution is 2.24. The molecule has 0 heterocycles. The number of unbranched alkanes of at least 4 members (excludes halogenated alkanes) is 1. The van der Waals surface area contributed by atoms with E-state index in [0.717, 1.165) is 35.5 Å². The summed E-state index contributed by atoms with van der Waals surface area (Å²) in [7, 11) is 0. The van der Waals surface area contributed by atoms with E-state index in [4.69, 9.17) is 11.6 Å². The van der Waals surface area contributed by atoms with Gasteiger partial charge in [0.15, 0.2) is 0 Å². The molecule has 3 heteroatoms. The third-order valence-corrected chi connectivity index (χ3v) is 3.71. The van der Waals surface area contributed by atoms with Crippen molar-refractivity contribution < 1.29 is 5.11 Å². The molecule has 0 saturated heterocycles. The molecule has 0 radical (unpaired) electrons. The van der Waals surface area contributed by atoms with Gasteiger partial charge in [-0.15, -0.1) is 0 Å². The average Bonchev–Trinajstić information content (AvgIpc) is 2.37. The molecule has 0 fully saturated rings. The van der Waals surface area contributed by atoms with Crippen LogP contribution in [0.25, 0.3) is 0 Å². The van der Waals surface area contributed by atoms with Crippen molar-refractivity contribution in [3.8, 4) is 0 Å². The van der Waals surface area contributed by atoms with Crippen LogP contribution in [0, 0.1) is 6.92 Å². The van der Waals surface area contributed by atoms with E-state index in [2.05, 4.69) is 19.2 Å². The summed E-state index contributed by atoms with van der Waals surface area (Å²) in [5.41, 5.74) is 1.95.